The van der Waals surface area contributed by atoms with Gasteiger partial charge in [-0.25, -0.2) is 4.39 Å². The molecule has 0 fully saturated rings. The van der Waals surface area contributed by atoms with Gasteiger partial charge in [-0.15, -0.1) is 0 Å². The third-order valence-corrected chi connectivity index (χ3v) is 3.04. The molecule has 0 aliphatic rings. The largest absolute Gasteiger partial charge is 0.397 e. The van der Waals surface area contributed by atoms with E-state index in [1.807, 2.05) is 13.0 Å². The lowest BCUT2D eigenvalue weighted by atomic mass is 10.1. The first-order valence-corrected chi connectivity index (χ1v) is 5.92. The van der Waals surface area contributed by atoms with Gasteiger partial charge in [-0.05, 0) is 24.6 Å². The van der Waals surface area contributed by atoms with E-state index in [1.54, 1.807) is 12.1 Å². The van der Waals surface area contributed by atoms with E-state index in [0.717, 1.165) is 5.56 Å². The minimum atomic E-state index is -0.565. The van der Waals surface area contributed by atoms with Crippen molar-refractivity contribution in [3.8, 4) is 6.07 Å². The highest BCUT2D eigenvalue weighted by molar-refractivity contribution is 6.31. The zero-order valence-electron chi connectivity index (χ0n) is 10.2. The van der Waals surface area contributed by atoms with Crippen molar-refractivity contribution in [1.82, 2.24) is 0 Å². The molecule has 5 heteroatoms. The summed E-state index contributed by atoms with van der Waals surface area (Å²) in [4.78, 5) is 0. The number of nitrogens with zero attached hydrogens (tertiary/aromatic N) is 1. The zero-order chi connectivity index (χ0) is 14.0. The van der Waals surface area contributed by atoms with Gasteiger partial charge in [0.25, 0.3) is 0 Å². The molecule has 0 unspecified atom stereocenters. The van der Waals surface area contributed by atoms with E-state index < -0.39 is 5.82 Å². The van der Waals surface area contributed by atoms with Crippen LogP contribution in [0.2, 0.25) is 5.02 Å². The van der Waals surface area contributed by atoms with E-state index in [4.69, 9.17) is 22.6 Å². The topological polar surface area (TPSA) is 61.8 Å². The Hall–Kier alpha value is -2.25. The van der Waals surface area contributed by atoms with Crippen molar-refractivity contribution in [3.05, 3.63) is 52.3 Å². The number of rotatable bonds is 2. The van der Waals surface area contributed by atoms with E-state index in [9.17, 15) is 4.39 Å². The fourth-order valence-corrected chi connectivity index (χ4v) is 1.91. The highest BCUT2D eigenvalue weighted by atomic mass is 35.5. The molecule has 0 aromatic heterocycles. The number of aryl methyl sites for hydroxylation is 1. The molecule has 0 saturated carbocycles. The van der Waals surface area contributed by atoms with Gasteiger partial charge in [-0.2, -0.15) is 5.26 Å². The van der Waals surface area contributed by atoms with Gasteiger partial charge in [0.05, 0.1) is 27.6 Å². The fourth-order valence-electron chi connectivity index (χ4n) is 1.74. The number of anilines is 3. The first-order chi connectivity index (χ1) is 9.02. The third-order valence-electron chi connectivity index (χ3n) is 2.75. The normalized spacial score (nSPS) is 10.0. The summed E-state index contributed by atoms with van der Waals surface area (Å²) in [7, 11) is 0. The molecule has 0 radical (unpaired) electrons. The minimum Gasteiger partial charge on any atom is -0.397 e. The summed E-state index contributed by atoms with van der Waals surface area (Å²) in [5.74, 6) is -0.565. The number of nitrogens with one attached hydrogen (secondary N) is 1. The Labute approximate surface area is 115 Å². The van der Waals surface area contributed by atoms with E-state index >= 15 is 0 Å². The number of halogens is 2. The summed E-state index contributed by atoms with van der Waals surface area (Å²) in [5, 5.41) is 12.0. The van der Waals surface area contributed by atoms with Crippen molar-refractivity contribution in [1.29, 1.82) is 5.26 Å². The van der Waals surface area contributed by atoms with E-state index in [1.165, 1.54) is 12.1 Å². The molecule has 2 aromatic carbocycles. The Balaban J connectivity index is 2.45. The summed E-state index contributed by atoms with van der Waals surface area (Å²) in [6.45, 7) is 1.83. The summed E-state index contributed by atoms with van der Waals surface area (Å²) in [6.07, 6.45) is 0. The van der Waals surface area contributed by atoms with Crippen molar-refractivity contribution in [2.24, 2.45) is 0 Å². The van der Waals surface area contributed by atoms with Gasteiger partial charge >= 0.3 is 0 Å². The fraction of sp³-hybridized carbons (Fsp3) is 0.0714. The molecule has 0 aliphatic heterocycles. The molecular formula is C14H11ClFN3. The molecule has 0 spiro atoms. The maximum absolute atomic E-state index is 13.4. The molecule has 0 saturated heterocycles. The maximum atomic E-state index is 13.4. The maximum Gasteiger partial charge on any atom is 0.144 e. The minimum absolute atomic E-state index is 0.0344. The molecule has 2 aromatic rings. The van der Waals surface area contributed by atoms with Crippen molar-refractivity contribution < 1.29 is 4.39 Å². The van der Waals surface area contributed by atoms with Gasteiger partial charge in [0, 0.05) is 6.07 Å². The number of nitrogens with two attached hydrogens (primary N) is 1. The highest BCUT2D eigenvalue weighted by Crippen LogP contribution is 2.30. The molecule has 0 heterocycles. The number of nitriles is 1. The van der Waals surface area contributed by atoms with Crippen LogP contribution in [0.25, 0.3) is 0 Å². The Morgan fingerprint density at radius 2 is 2.05 bits per heavy atom. The van der Waals surface area contributed by atoms with E-state index in [0.29, 0.717) is 22.6 Å². The average Bonchev–Trinajstić information content (AvgIpc) is 2.36. The van der Waals surface area contributed by atoms with Crippen LogP contribution in [0.4, 0.5) is 21.5 Å². The van der Waals surface area contributed by atoms with Gasteiger partial charge in [-0.3, -0.25) is 0 Å². The van der Waals surface area contributed by atoms with Crippen LogP contribution in [0.1, 0.15) is 11.1 Å². The summed E-state index contributed by atoms with van der Waals surface area (Å²) in [5.41, 5.74) is 8.38. The van der Waals surface area contributed by atoms with Crippen LogP contribution in [0.3, 0.4) is 0 Å². The van der Waals surface area contributed by atoms with Crippen molar-refractivity contribution in [2.45, 2.75) is 6.92 Å². The van der Waals surface area contributed by atoms with Crippen LogP contribution in [-0.4, -0.2) is 0 Å². The monoisotopic (exact) mass is 275 g/mol. The predicted molar refractivity (Wildman–Crippen MR) is 75.0 cm³/mol. The smallest absolute Gasteiger partial charge is 0.144 e. The zero-order valence-corrected chi connectivity index (χ0v) is 10.9. The molecule has 0 bridgehead atoms. The van der Waals surface area contributed by atoms with Gasteiger partial charge < -0.3 is 11.1 Å². The quantitative estimate of drug-likeness (QED) is 0.815. The van der Waals surface area contributed by atoms with Crippen LogP contribution in [0.5, 0.6) is 0 Å². The molecule has 2 rings (SSSR count). The number of hydrogen-bond donors (Lipinski definition) is 2. The molecule has 96 valence electrons. The van der Waals surface area contributed by atoms with Crippen molar-refractivity contribution in [2.75, 3.05) is 11.1 Å². The lowest BCUT2D eigenvalue weighted by molar-refractivity contribution is 0.629. The second-order valence-electron chi connectivity index (χ2n) is 4.09. The summed E-state index contributed by atoms with van der Waals surface area (Å²) in [6, 6.07) is 10.0. The van der Waals surface area contributed by atoms with Gasteiger partial charge in [0.15, 0.2) is 0 Å². The van der Waals surface area contributed by atoms with E-state index in [2.05, 4.69) is 11.4 Å². The Morgan fingerprint density at radius 3 is 2.74 bits per heavy atom. The van der Waals surface area contributed by atoms with Crippen molar-refractivity contribution >= 4 is 28.7 Å². The van der Waals surface area contributed by atoms with Gasteiger partial charge in [0.1, 0.15) is 11.9 Å². The molecule has 0 atom stereocenters. The molecule has 19 heavy (non-hydrogen) atoms. The number of hydrogen-bond acceptors (Lipinski definition) is 3. The predicted octanol–water partition coefficient (Wildman–Crippen LogP) is 3.99. The van der Waals surface area contributed by atoms with Crippen LogP contribution in [0.15, 0.2) is 30.3 Å². The molecule has 0 amide bonds. The molecule has 3 nitrogen and oxygen atoms in total. The van der Waals surface area contributed by atoms with Gasteiger partial charge in [-0.1, -0.05) is 23.7 Å². The standard InChI is InChI=1S/C14H11ClFN3/c1-8-3-2-4-13(9(8)7-17)19-14-6-11(16)10(15)5-12(14)18/h2-6,19H,18H2,1H3. The third kappa shape index (κ3) is 2.61. The lowest BCUT2D eigenvalue weighted by Crippen LogP contribution is -2.00. The van der Waals surface area contributed by atoms with Gasteiger partial charge in [0.2, 0.25) is 0 Å². The van der Waals surface area contributed by atoms with Crippen LogP contribution in [0, 0.1) is 24.1 Å². The first kappa shape index (κ1) is 13.2. The summed E-state index contributed by atoms with van der Waals surface area (Å²) < 4.78 is 13.4. The highest BCUT2D eigenvalue weighted by Gasteiger charge is 2.09. The lowest BCUT2D eigenvalue weighted by Gasteiger charge is -2.12. The second kappa shape index (κ2) is 5.17. The number of benzene rings is 2. The SMILES string of the molecule is Cc1cccc(Nc2cc(F)c(Cl)cc2N)c1C#N. The average molecular weight is 276 g/mol. The molecular weight excluding hydrogens is 265 g/mol. The Bertz CT molecular complexity index is 677. The second-order valence-corrected chi connectivity index (χ2v) is 4.50. The van der Waals surface area contributed by atoms with Crippen molar-refractivity contribution in [3.63, 3.8) is 0 Å². The first-order valence-electron chi connectivity index (χ1n) is 5.54. The van der Waals surface area contributed by atoms with E-state index in [-0.39, 0.29) is 5.02 Å². The van der Waals surface area contributed by atoms with Crippen LogP contribution >= 0.6 is 11.6 Å². The molecule has 3 N–H and O–H groups in total. The van der Waals surface area contributed by atoms with Crippen LogP contribution < -0.4 is 11.1 Å². The Kier molecular flexibility index (Phi) is 3.59. The summed E-state index contributed by atoms with van der Waals surface area (Å²) >= 11 is 5.64. The Morgan fingerprint density at radius 1 is 1.32 bits per heavy atom. The number of nitrogen functional groups attached to an aromatic ring is 1. The molecule has 0 aliphatic carbocycles. The van der Waals surface area contributed by atoms with Crippen LogP contribution in [-0.2, 0) is 0 Å².